The number of hydrogen-bond donors (Lipinski definition) is 3. The molecule has 0 aromatic heterocycles. The number of hydrogen-bond acceptors (Lipinski definition) is 3. The Balaban J connectivity index is 2.10. The normalized spacial score (nSPS) is 10.2. The van der Waals surface area contributed by atoms with Gasteiger partial charge in [-0.3, -0.25) is 14.9 Å². The van der Waals surface area contributed by atoms with Crippen LogP contribution in [0, 0.1) is 0 Å². The van der Waals surface area contributed by atoms with Crippen molar-refractivity contribution in [3.63, 3.8) is 0 Å². The lowest BCUT2D eigenvalue weighted by Crippen LogP contribution is -2.35. The molecule has 0 atom stereocenters. The maximum absolute atomic E-state index is 12.3. The molecule has 0 radical (unpaired) electrons. The quantitative estimate of drug-likeness (QED) is 0.660. The molecule has 0 aliphatic rings. The van der Waals surface area contributed by atoms with E-state index < -0.39 is 0 Å². The second-order valence-corrected chi connectivity index (χ2v) is 6.82. The highest BCUT2D eigenvalue weighted by molar-refractivity contribution is 9.10. The van der Waals surface area contributed by atoms with Crippen LogP contribution >= 0.6 is 28.1 Å². The van der Waals surface area contributed by atoms with E-state index >= 15 is 0 Å². The first-order chi connectivity index (χ1) is 11.9. The van der Waals surface area contributed by atoms with E-state index in [0.29, 0.717) is 21.3 Å². The van der Waals surface area contributed by atoms with Crippen molar-refractivity contribution in [2.75, 3.05) is 5.32 Å². The van der Waals surface area contributed by atoms with E-state index in [2.05, 4.69) is 31.9 Å². The Morgan fingerprint density at radius 2 is 1.56 bits per heavy atom. The predicted octanol–water partition coefficient (Wildman–Crippen LogP) is 3.71. The summed E-state index contributed by atoms with van der Waals surface area (Å²) in [6, 6.07) is 14.0. The van der Waals surface area contributed by atoms with E-state index in [0.717, 1.165) is 0 Å². The highest BCUT2D eigenvalue weighted by Crippen LogP contribution is 2.17. The molecule has 25 heavy (non-hydrogen) atoms. The van der Waals surface area contributed by atoms with Crippen LogP contribution in [0.25, 0.3) is 0 Å². The van der Waals surface area contributed by atoms with E-state index in [1.807, 2.05) is 19.9 Å². The first-order valence-corrected chi connectivity index (χ1v) is 8.85. The molecular formula is C18H18BrN3O2S. The Morgan fingerprint density at radius 1 is 0.960 bits per heavy atom. The highest BCUT2D eigenvalue weighted by atomic mass is 79.9. The van der Waals surface area contributed by atoms with Crippen molar-refractivity contribution in [3.8, 4) is 0 Å². The maximum Gasteiger partial charge on any atom is 0.258 e. The Bertz CT molecular complexity index is 808. The van der Waals surface area contributed by atoms with Crippen molar-refractivity contribution in [1.82, 2.24) is 10.6 Å². The summed E-state index contributed by atoms with van der Waals surface area (Å²) in [6.45, 7) is 3.77. The minimum absolute atomic E-state index is 0.0163. The second kappa shape index (κ2) is 8.73. The van der Waals surface area contributed by atoms with E-state index in [-0.39, 0.29) is 23.0 Å². The molecule has 0 saturated heterocycles. The zero-order chi connectivity index (χ0) is 18.4. The van der Waals surface area contributed by atoms with Crippen molar-refractivity contribution in [2.45, 2.75) is 19.9 Å². The Kier molecular flexibility index (Phi) is 6.66. The highest BCUT2D eigenvalue weighted by Gasteiger charge is 2.15. The number of carbonyl (C=O) groups excluding carboxylic acids is 2. The van der Waals surface area contributed by atoms with Crippen LogP contribution in [-0.4, -0.2) is 23.0 Å². The Hall–Kier alpha value is -2.25. The molecule has 2 aromatic rings. The van der Waals surface area contributed by atoms with Gasteiger partial charge in [0, 0.05) is 10.5 Å². The lowest BCUT2D eigenvalue weighted by atomic mass is 10.1. The molecule has 0 bridgehead atoms. The second-order valence-electron chi connectivity index (χ2n) is 5.56. The molecule has 0 unspecified atom stereocenters. The molecule has 2 aromatic carbocycles. The van der Waals surface area contributed by atoms with Gasteiger partial charge in [0.1, 0.15) is 0 Å². The van der Waals surface area contributed by atoms with Crippen molar-refractivity contribution < 1.29 is 9.59 Å². The van der Waals surface area contributed by atoms with Crippen LogP contribution in [0.15, 0.2) is 53.0 Å². The SMILES string of the molecule is CC(C)NC(=O)c1ccccc1NC(=S)NC(=O)c1ccccc1Br. The van der Waals surface area contributed by atoms with Crippen molar-refractivity contribution in [2.24, 2.45) is 0 Å². The number of para-hydroxylation sites is 1. The van der Waals surface area contributed by atoms with E-state index in [1.54, 1.807) is 42.5 Å². The smallest absolute Gasteiger partial charge is 0.258 e. The summed E-state index contributed by atoms with van der Waals surface area (Å²) in [7, 11) is 0. The third kappa shape index (κ3) is 5.37. The number of carbonyl (C=O) groups is 2. The average molecular weight is 420 g/mol. The van der Waals surface area contributed by atoms with Gasteiger partial charge in [-0.2, -0.15) is 0 Å². The summed E-state index contributed by atoms with van der Waals surface area (Å²) in [5.41, 5.74) is 1.45. The van der Waals surface area contributed by atoms with Crippen LogP contribution in [-0.2, 0) is 0 Å². The topological polar surface area (TPSA) is 70.2 Å². The van der Waals surface area contributed by atoms with Gasteiger partial charge in [0.2, 0.25) is 0 Å². The molecule has 0 aliphatic heterocycles. The van der Waals surface area contributed by atoms with Crippen molar-refractivity contribution >= 4 is 50.8 Å². The number of anilines is 1. The summed E-state index contributed by atoms with van der Waals surface area (Å²) in [6.07, 6.45) is 0. The minimum Gasteiger partial charge on any atom is -0.350 e. The fourth-order valence-electron chi connectivity index (χ4n) is 2.10. The zero-order valence-electron chi connectivity index (χ0n) is 13.8. The average Bonchev–Trinajstić information content (AvgIpc) is 2.54. The number of amides is 2. The zero-order valence-corrected chi connectivity index (χ0v) is 16.2. The standard InChI is InChI=1S/C18H18BrN3O2S/c1-11(2)20-17(24)13-8-4-6-10-15(13)21-18(25)22-16(23)12-7-3-5-9-14(12)19/h3-11H,1-2H3,(H,20,24)(H2,21,22,23,25). The fourth-order valence-corrected chi connectivity index (χ4v) is 2.77. The van der Waals surface area contributed by atoms with Crippen LogP contribution in [0.3, 0.4) is 0 Å². The molecule has 2 rings (SSSR count). The first-order valence-electron chi connectivity index (χ1n) is 7.65. The van der Waals surface area contributed by atoms with Crippen LogP contribution < -0.4 is 16.0 Å². The van der Waals surface area contributed by atoms with Gasteiger partial charge < -0.3 is 10.6 Å². The number of benzene rings is 2. The lowest BCUT2D eigenvalue weighted by molar-refractivity contribution is 0.0942. The van der Waals surface area contributed by atoms with Crippen molar-refractivity contribution in [1.29, 1.82) is 0 Å². The van der Waals surface area contributed by atoms with Crippen LogP contribution in [0.4, 0.5) is 5.69 Å². The van der Waals surface area contributed by atoms with E-state index in [1.165, 1.54) is 0 Å². The minimum atomic E-state index is -0.339. The summed E-state index contributed by atoms with van der Waals surface area (Å²) < 4.78 is 0.673. The lowest BCUT2D eigenvalue weighted by Gasteiger charge is -2.15. The molecule has 0 spiro atoms. The van der Waals surface area contributed by atoms with Crippen LogP contribution in [0.1, 0.15) is 34.6 Å². The number of nitrogens with one attached hydrogen (secondary N) is 3. The third-order valence-electron chi connectivity index (χ3n) is 3.19. The summed E-state index contributed by atoms with van der Waals surface area (Å²) in [5.74, 6) is -0.549. The molecule has 2 amide bonds. The number of halogens is 1. The number of thiocarbonyl (C=S) groups is 1. The maximum atomic E-state index is 12.3. The molecule has 3 N–H and O–H groups in total. The molecule has 0 heterocycles. The Morgan fingerprint density at radius 3 is 2.20 bits per heavy atom. The van der Waals surface area contributed by atoms with Crippen LogP contribution in [0.5, 0.6) is 0 Å². The molecule has 0 fully saturated rings. The summed E-state index contributed by atoms with van der Waals surface area (Å²) in [4.78, 5) is 24.5. The summed E-state index contributed by atoms with van der Waals surface area (Å²) >= 11 is 8.53. The largest absolute Gasteiger partial charge is 0.350 e. The third-order valence-corrected chi connectivity index (χ3v) is 4.08. The molecule has 130 valence electrons. The van der Waals surface area contributed by atoms with Gasteiger partial charge >= 0.3 is 0 Å². The van der Waals surface area contributed by atoms with E-state index in [9.17, 15) is 9.59 Å². The Labute approximate surface area is 160 Å². The molecule has 0 saturated carbocycles. The molecule has 0 aliphatic carbocycles. The van der Waals surface area contributed by atoms with Gasteiger partial charge in [-0.25, -0.2) is 0 Å². The van der Waals surface area contributed by atoms with Gasteiger partial charge in [0.25, 0.3) is 11.8 Å². The molecular weight excluding hydrogens is 402 g/mol. The van der Waals surface area contributed by atoms with E-state index in [4.69, 9.17) is 12.2 Å². The van der Waals surface area contributed by atoms with Crippen molar-refractivity contribution in [3.05, 3.63) is 64.1 Å². The fraction of sp³-hybridized carbons (Fsp3) is 0.167. The van der Waals surface area contributed by atoms with Gasteiger partial charge in [-0.1, -0.05) is 24.3 Å². The molecule has 7 heteroatoms. The van der Waals surface area contributed by atoms with Gasteiger partial charge in [-0.05, 0) is 66.3 Å². The number of rotatable bonds is 4. The predicted molar refractivity (Wildman–Crippen MR) is 107 cm³/mol. The van der Waals surface area contributed by atoms with Gasteiger partial charge in [-0.15, -0.1) is 0 Å². The van der Waals surface area contributed by atoms with Gasteiger partial charge in [0.15, 0.2) is 5.11 Å². The first kappa shape index (κ1) is 19.1. The van der Waals surface area contributed by atoms with Crippen LogP contribution in [0.2, 0.25) is 0 Å². The molecule has 5 nitrogen and oxygen atoms in total. The summed E-state index contributed by atoms with van der Waals surface area (Å²) in [5, 5.41) is 8.47. The monoisotopic (exact) mass is 419 g/mol. The van der Waals surface area contributed by atoms with Gasteiger partial charge in [0.05, 0.1) is 16.8 Å².